The number of rotatable bonds is 2. The Hall–Kier alpha value is -1.79. The van der Waals surface area contributed by atoms with Crippen LogP contribution in [0, 0.1) is 5.92 Å². The zero-order chi connectivity index (χ0) is 13.8. The van der Waals surface area contributed by atoms with Crippen LogP contribution in [-0.2, 0) is 9.53 Å². The van der Waals surface area contributed by atoms with Gasteiger partial charge >= 0.3 is 18.0 Å². The molecule has 2 aliphatic heterocycles. The summed E-state index contributed by atoms with van der Waals surface area (Å²) in [7, 11) is 0. The monoisotopic (exact) mass is 269 g/mol. The third-order valence-electron chi connectivity index (χ3n) is 3.40. The second kappa shape index (κ2) is 5.90. The van der Waals surface area contributed by atoms with Crippen LogP contribution in [0.25, 0.3) is 0 Å². The molecule has 0 saturated carbocycles. The van der Waals surface area contributed by atoms with Gasteiger partial charge in [-0.15, -0.1) is 0 Å². The van der Waals surface area contributed by atoms with E-state index in [4.69, 9.17) is 4.74 Å². The lowest BCUT2D eigenvalue weighted by Crippen LogP contribution is -2.49. The van der Waals surface area contributed by atoms with E-state index in [1.807, 2.05) is 0 Å². The van der Waals surface area contributed by atoms with Crippen molar-refractivity contribution in [2.75, 3.05) is 32.8 Å². The molecule has 19 heavy (non-hydrogen) atoms. The summed E-state index contributed by atoms with van der Waals surface area (Å²) in [6.07, 6.45) is 1.49. The lowest BCUT2D eigenvalue weighted by Gasteiger charge is -2.33. The van der Waals surface area contributed by atoms with Gasteiger partial charge in [-0.05, 0) is 19.8 Å². The molecule has 0 radical (unpaired) electrons. The molecule has 0 aliphatic carbocycles. The van der Waals surface area contributed by atoms with E-state index in [2.05, 4.69) is 5.32 Å². The molecule has 2 rings (SSSR count). The van der Waals surface area contributed by atoms with Crippen LogP contribution in [0.5, 0.6) is 0 Å². The number of hydrogen-bond donors (Lipinski definition) is 1. The Bertz CT molecular complexity index is 385. The zero-order valence-corrected chi connectivity index (χ0v) is 11.1. The summed E-state index contributed by atoms with van der Waals surface area (Å²) >= 11 is 0. The predicted octanol–water partition coefficient (Wildman–Crippen LogP) is 0.407. The normalized spacial score (nSPS) is 23.2. The number of likely N-dealkylation sites (tertiary alicyclic amines) is 1. The maximum absolute atomic E-state index is 12.2. The number of nitrogens with one attached hydrogen (secondary N) is 1. The molecular weight excluding hydrogens is 250 g/mol. The molecule has 2 heterocycles. The Balaban J connectivity index is 1.95. The Morgan fingerprint density at radius 1 is 1.42 bits per heavy atom. The minimum atomic E-state index is -0.358. The Labute approximate surface area is 111 Å². The van der Waals surface area contributed by atoms with E-state index >= 15 is 0 Å². The summed E-state index contributed by atoms with van der Waals surface area (Å²) < 4.78 is 4.99. The van der Waals surface area contributed by atoms with Crippen molar-refractivity contribution in [1.29, 1.82) is 0 Å². The van der Waals surface area contributed by atoms with Crippen LogP contribution in [0.15, 0.2) is 0 Å². The molecule has 106 valence electrons. The van der Waals surface area contributed by atoms with E-state index in [9.17, 15) is 14.4 Å². The Morgan fingerprint density at radius 2 is 2.21 bits per heavy atom. The van der Waals surface area contributed by atoms with Gasteiger partial charge in [0.1, 0.15) is 0 Å². The van der Waals surface area contributed by atoms with Crippen LogP contribution >= 0.6 is 0 Å². The molecule has 2 aliphatic rings. The summed E-state index contributed by atoms with van der Waals surface area (Å²) in [6, 6.07) is -0.674. The van der Waals surface area contributed by atoms with Crippen molar-refractivity contribution in [2.24, 2.45) is 5.92 Å². The van der Waals surface area contributed by atoms with Crippen molar-refractivity contribution < 1.29 is 19.1 Å². The minimum absolute atomic E-state index is 0.258. The molecule has 1 unspecified atom stereocenters. The molecule has 2 fully saturated rings. The first-order chi connectivity index (χ1) is 9.13. The fraction of sp³-hybridized carbons (Fsp3) is 0.750. The highest BCUT2D eigenvalue weighted by Crippen LogP contribution is 2.19. The number of piperidine rings is 1. The van der Waals surface area contributed by atoms with Crippen molar-refractivity contribution in [3.05, 3.63) is 0 Å². The van der Waals surface area contributed by atoms with E-state index in [0.29, 0.717) is 32.8 Å². The van der Waals surface area contributed by atoms with Gasteiger partial charge < -0.3 is 15.0 Å². The van der Waals surface area contributed by atoms with E-state index in [1.54, 1.807) is 11.8 Å². The highest BCUT2D eigenvalue weighted by atomic mass is 16.5. The fourth-order valence-corrected chi connectivity index (χ4v) is 2.43. The van der Waals surface area contributed by atoms with Crippen LogP contribution in [0.4, 0.5) is 9.59 Å². The largest absolute Gasteiger partial charge is 0.466 e. The molecule has 2 saturated heterocycles. The molecular formula is C12H19N3O4. The number of urea groups is 2. The van der Waals surface area contributed by atoms with E-state index in [0.717, 1.165) is 12.8 Å². The van der Waals surface area contributed by atoms with Gasteiger partial charge in [0, 0.05) is 26.2 Å². The van der Waals surface area contributed by atoms with Gasteiger partial charge in [0.05, 0.1) is 12.5 Å². The number of hydrogen-bond acceptors (Lipinski definition) is 4. The van der Waals surface area contributed by atoms with Gasteiger partial charge in [0.2, 0.25) is 0 Å². The number of amides is 4. The van der Waals surface area contributed by atoms with Gasteiger partial charge in [-0.2, -0.15) is 0 Å². The van der Waals surface area contributed by atoms with Crippen LogP contribution in [-0.4, -0.2) is 60.6 Å². The topological polar surface area (TPSA) is 79.0 Å². The second-order valence-corrected chi connectivity index (χ2v) is 4.70. The molecule has 0 bridgehead atoms. The van der Waals surface area contributed by atoms with E-state index in [-0.39, 0.29) is 23.9 Å². The second-order valence-electron chi connectivity index (χ2n) is 4.70. The average Bonchev–Trinajstić information content (AvgIpc) is 2.84. The summed E-state index contributed by atoms with van der Waals surface area (Å²) in [5.41, 5.74) is 0. The zero-order valence-electron chi connectivity index (χ0n) is 11.1. The summed E-state index contributed by atoms with van der Waals surface area (Å²) in [5, 5.41) is 2.59. The van der Waals surface area contributed by atoms with Crippen LogP contribution < -0.4 is 5.32 Å². The Morgan fingerprint density at radius 3 is 2.84 bits per heavy atom. The smallest absolute Gasteiger partial charge is 0.328 e. The number of carbonyl (C=O) groups is 3. The van der Waals surface area contributed by atoms with E-state index < -0.39 is 0 Å². The van der Waals surface area contributed by atoms with Gasteiger partial charge in [0.15, 0.2) is 0 Å². The van der Waals surface area contributed by atoms with Crippen molar-refractivity contribution in [2.45, 2.75) is 19.8 Å². The minimum Gasteiger partial charge on any atom is -0.466 e. The first kappa shape index (κ1) is 13.6. The van der Waals surface area contributed by atoms with Crippen molar-refractivity contribution in [3.63, 3.8) is 0 Å². The molecule has 1 N–H and O–H groups in total. The summed E-state index contributed by atoms with van der Waals surface area (Å²) in [4.78, 5) is 38.1. The van der Waals surface area contributed by atoms with Crippen molar-refractivity contribution in [3.8, 4) is 0 Å². The number of nitrogens with zero attached hydrogens (tertiary/aromatic N) is 2. The summed E-state index contributed by atoms with van der Waals surface area (Å²) in [5.74, 6) is -0.533. The van der Waals surface area contributed by atoms with Gasteiger partial charge in [-0.1, -0.05) is 0 Å². The van der Waals surface area contributed by atoms with Crippen LogP contribution in [0.2, 0.25) is 0 Å². The van der Waals surface area contributed by atoms with Crippen LogP contribution in [0.1, 0.15) is 19.8 Å². The number of esters is 1. The third kappa shape index (κ3) is 2.97. The van der Waals surface area contributed by atoms with Gasteiger partial charge in [-0.25, -0.2) is 14.5 Å². The SMILES string of the molecule is CCOC(=O)C1CCCN(C(=O)N2CCNC2=O)C1. The lowest BCUT2D eigenvalue weighted by atomic mass is 9.98. The molecule has 0 aromatic heterocycles. The number of carbonyl (C=O) groups excluding carboxylic acids is 3. The maximum Gasteiger partial charge on any atom is 0.328 e. The maximum atomic E-state index is 12.2. The lowest BCUT2D eigenvalue weighted by molar-refractivity contribution is -0.149. The molecule has 0 aromatic carbocycles. The highest BCUT2D eigenvalue weighted by molar-refractivity contribution is 5.95. The molecule has 0 spiro atoms. The standard InChI is InChI=1S/C12H19N3O4/c1-2-19-10(16)9-4-3-6-14(8-9)12(18)15-7-5-13-11(15)17/h9H,2-8H2,1H3,(H,13,17). The molecule has 7 nitrogen and oxygen atoms in total. The quantitative estimate of drug-likeness (QED) is 0.736. The van der Waals surface area contributed by atoms with Crippen molar-refractivity contribution in [1.82, 2.24) is 15.1 Å². The van der Waals surface area contributed by atoms with Crippen molar-refractivity contribution >= 4 is 18.0 Å². The highest BCUT2D eigenvalue weighted by Gasteiger charge is 2.34. The third-order valence-corrected chi connectivity index (χ3v) is 3.40. The number of ether oxygens (including phenoxy) is 1. The summed E-state index contributed by atoms with van der Waals surface area (Å²) in [6.45, 7) is 3.90. The average molecular weight is 269 g/mol. The molecule has 0 aromatic rings. The van der Waals surface area contributed by atoms with Crippen LogP contribution in [0.3, 0.4) is 0 Å². The predicted molar refractivity (Wildman–Crippen MR) is 66.4 cm³/mol. The van der Waals surface area contributed by atoms with Gasteiger partial charge in [0.25, 0.3) is 0 Å². The molecule has 7 heteroatoms. The Kier molecular flexibility index (Phi) is 4.24. The molecule has 4 amide bonds. The first-order valence-electron chi connectivity index (χ1n) is 6.64. The van der Waals surface area contributed by atoms with E-state index in [1.165, 1.54) is 4.90 Å². The van der Waals surface area contributed by atoms with Gasteiger partial charge in [-0.3, -0.25) is 4.79 Å². The fourth-order valence-electron chi connectivity index (χ4n) is 2.43. The molecule has 1 atom stereocenters. The number of imide groups is 1. The first-order valence-corrected chi connectivity index (χ1v) is 6.64.